The number of hydrogen-bond donors (Lipinski definition) is 1. The van der Waals surface area contributed by atoms with Crippen molar-refractivity contribution >= 4 is 27.8 Å². The first kappa shape index (κ1) is 16.3. The van der Waals surface area contributed by atoms with Crippen molar-refractivity contribution in [1.82, 2.24) is 4.31 Å². The van der Waals surface area contributed by atoms with Gasteiger partial charge in [-0.1, -0.05) is 12.1 Å². The van der Waals surface area contributed by atoms with Gasteiger partial charge in [0.1, 0.15) is 0 Å². The van der Waals surface area contributed by atoms with Crippen molar-refractivity contribution in [3.63, 3.8) is 0 Å². The van der Waals surface area contributed by atoms with E-state index < -0.39 is 16.0 Å². The molecule has 1 aliphatic rings. The number of hydrogen-bond acceptors (Lipinski definition) is 4. The molecule has 0 saturated carbocycles. The van der Waals surface area contributed by atoms with E-state index in [1.165, 1.54) is 0 Å². The van der Waals surface area contributed by atoms with E-state index in [2.05, 4.69) is 0 Å². The summed E-state index contributed by atoms with van der Waals surface area (Å²) in [5.41, 5.74) is 0.836. The Morgan fingerprint density at radius 3 is 2.57 bits per heavy atom. The molecule has 1 aromatic carbocycles. The highest BCUT2D eigenvalue weighted by atomic mass is 32.2. The number of nitrogens with zero attached hydrogens (tertiary/aromatic N) is 1. The Bertz CT molecular complexity index is 575. The standard InChI is InChI=1S/C14H19NO4S2/c16-14(17)7-4-12-2-5-13(6-3-12)21(18,19)15-8-1-10-20-11-9-15/h2-3,5-6H,1,4,7-11H2,(H,16,17). The summed E-state index contributed by atoms with van der Waals surface area (Å²) in [6, 6.07) is 6.54. The highest BCUT2D eigenvalue weighted by Gasteiger charge is 2.24. The van der Waals surface area contributed by atoms with Crippen LogP contribution in [0.1, 0.15) is 18.4 Å². The van der Waals surface area contributed by atoms with Gasteiger partial charge in [0.25, 0.3) is 0 Å². The van der Waals surface area contributed by atoms with Crippen LogP contribution < -0.4 is 0 Å². The summed E-state index contributed by atoms with van der Waals surface area (Å²) in [6.45, 7) is 1.11. The molecule has 0 radical (unpaired) electrons. The smallest absolute Gasteiger partial charge is 0.303 e. The molecule has 0 aromatic heterocycles. The zero-order chi connectivity index (χ0) is 15.3. The van der Waals surface area contributed by atoms with E-state index in [1.54, 1.807) is 40.3 Å². The lowest BCUT2D eigenvalue weighted by atomic mass is 10.1. The predicted molar refractivity (Wildman–Crippen MR) is 83.1 cm³/mol. The molecule has 1 aromatic rings. The molecule has 5 nitrogen and oxygen atoms in total. The van der Waals surface area contributed by atoms with Gasteiger partial charge in [-0.3, -0.25) is 4.79 Å². The van der Waals surface area contributed by atoms with Crippen molar-refractivity contribution in [2.45, 2.75) is 24.2 Å². The maximum Gasteiger partial charge on any atom is 0.303 e. The van der Waals surface area contributed by atoms with Gasteiger partial charge < -0.3 is 5.11 Å². The van der Waals surface area contributed by atoms with Crippen LogP contribution in [-0.2, 0) is 21.2 Å². The number of benzene rings is 1. The lowest BCUT2D eigenvalue weighted by Crippen LogP contribution is -2.32. The number of rotatable bonds is 5. The SMILES string of the molecule is O=C(O)CCc1ccc(S(=O)(=O)N2CCCSCC2)cc1. The summed E-state index contributed by atoms with van der Waals surface area (Å²) in [5, 5.41) is 8.65. The second kappa shape index (κ2) is 7.29. The zero-order valence-electron chi connectivity index (χ0n) is 11.7. The molecule has 7 heteroatoms. The third-order valence-electron chi connectivity index (χ3n) is 3.37. The Balaban J connectivity index is 2.10. The first-order valence-electron chi connectivity index (χ1n) is 6.89. The lowest BCUT2D eigenvalue weighted by molar-refractivity contribution is -0.136. The van der Waals surface area contributed by atoms with Crippen LogP contribution in [0.15, 0.2) is 29.2 Å². The fraction of sp³-hybridized carbons (Fsp3) is 0.500. The van der Waals surface area contributed by atoms with E-state index >= 15 is 0 Å². The highest BCUT2D eigenvalue weighted by molar-refractivity contribution is 7.99. The van der Waals surface area contributed by atoms with Gasteiger partial charge in [0.15, 0.2) is 0 Å². The fourth-order valence-corrected chi connectivity index (χ4v) is 4.67. The molecule has 1 saturated heterocycles. The van der Waals surface area contributed by atoms with Gasteiger partial charge in [0.05, 0.1) is 4.90 Å². The van der Waals surface area contributed by atoms with Gasteiger partial charge in [-0.2, -0.15) is 16.1 Å². The molecule has 2 rings (SSSR count). The van der Waals surface area contributed by atoms with E-state index in [9.17, 15) is 13.2 Å². The number of aryl methyl sites for hydroxylation is 1. The molecule has 0 aliphatic carbocycles. The molecular formula is C14H19NO4S2. The molecular weight excluding hydrogens is 310 g/mol. The van der Waals surface area contributed by atoms with Crippen LogP contribution >= 0.6 is 11.8 Å². The summed E-state index contributed by atoms with van der Waals surface area (Å²) in [5.74, 6) is 0.976. The van der Waals surface area contributed by atoms with E-state index in [-0.39, 0.29) is 11.3 Å². The van der Waals surface area contributed by atoms with Gasteiger partial charge in [-0.15, -0.1) is 0 Å². The van der Waals surface area contributed by atoms with E-state index in [1.807, 2.05) is 0 Å². The lowest BCUT2D eigenvalue weighted by Gasteiger charge is -2.19. The quantitative estimate of drug-likeness (QED) is 0.892. The Kier molecular flexibility index (Phi) is 5.66. The largest absolute Gasteiger partial charge is 0.481 e. The number of carbonyl (C=O) groups is 1. The summed E-state index contributed by atoms with van der Waals surface area (Å²) < 4.78 is 26.6. The average molecular weight is 329 g/mol. The van der Waals surface area contributed by atoms with E-state index in [0.29, 0.717) is 19.5 Å². The van der Waals surface area contributed by atoms with E-state index in [4.69, 9.17) is 5.11 Å². The maximum atomic E-state index is 12.5. The third-order valence-corrected chi connectivity index (χ3v) is 6.33. The van der Waals surface area contributed by atoms with Crippen molar-refractivity contribution < 1.29 is 18.3 Å². The van der Waals surface area contributed by atoms with Crippen LogP contribution in [0.5, 0.6) is 0 Å². The van der Waals surface area contributed by atoms with Crippen LogP contribution in [0.4, 0.5) is 0 Å². The third kappa shape index (κ3) is 4.46. The van der Waals surface area contributed by atoms with E-state index in [0.717, 1.165) is 23.5 Å². The first-order chi connectivity index (χ1) is 10.00. The number of carboxylic acids is 1. The van der Waals surface area contributed by atoms with Gasteiger partial charge in [0.2, 0.25) is 10.0 Å². The predicted octanol–water partition coefficient (Wildman–Crippen LogP) is 1.83. The van der Waals surface area contributed by atoms with Crippen LogP contribution in [0.2, 0.25) is 0 Å². The molecule has 1 N–H and O–H groups in total. The minimum atomic E-state index is -3.43. The molecule has 0 atom stereocenters. The molecule has 0 amide bonds. The van der Waals surface area contributed by atoms with Gasteiger partial charge in [-0.05, 0) is 36.3 Å². The van der Waals surface area contributed by atoms with Crippen molar-refractivity contribution in [2.75, 3.05) is 24.6 Å². The molecule has 1 fully saturated rings. The van der Waals surface area contributed by atoms with Crippen LogP contribution in [0.25, 0.3) is 0 Å². The summed E-state index contributed by atoms with van der Waals surface area (Å²) >= 11 is 1.78. The normalized spacial score (nSPS) is 17.3. The zero-order valence-corrected chi connectivity index (χ0v) is 13.3. The Labute approximate surface area is 129 Å². The van der Waals surface area contributed by atoms with Crippen molar-refractivity contribution in [2.24, 2.45) is 0 Å². The van der Waals surface area contributed by atoms with Crippen molar-refractivity contribution in [3.05, 3.63) is 29.8 Å². The molecule has 116 valence electrons. The summed E-state index contributed by atoms with van der Waals surface area (Å²) in [7, 11) is -3.43. The Hall–Kier alpha value is -1.05. The maximum absolute atomic E-state index is 12.5. The van der Waals surface area contributed by atoms with Gasteiger partial charge >= 0.3 is 5.97 Å². The first-order valence-corrected chi connectivity index (χ1v) is 9.48. The average Bonchev–Trinajstić information content (AvgIpc) is 2.75. The number of carboxylic acid groups (broad SMARTS) is 1. The topological polar surface area (TPSA) is 74.7 Å². The van der Waals surface area contributed by atoms with Crippen molar-refractivity contribution in [1.29, 1.82) is 0 Å². The fourth-order valence-electron chi connectivity index (χ4n) is 2.19. The second-order valence-electron chi connectivity index (χ2n) is 4.91. The minimum absolute atomic E-state index is 0.0510. The second-order valence-corrected chi connectivity index (χ2v) is 8.07. The molecule has 1 aliphatic heterocycles. The molecule has 0 spiro atoms. The van der Waals surface area contributed by atoms with Crippen LogP contribution in [0, 0.1) is 0 Å². The summed E-state index contributed by atoms with van der Waals surface area (Å²) in [6.07, 6.45) is 1.34. The monoisotopic (exact) mass is 329 g/mol. The molecule has 1 heterocycles. The van der Waals surface area contributed by atoms with Gasteiger partial charge in [-0.25, -0.2) is 8.42 Å². The minimum Gasteiger partial charge on any atom is -0.481 e. The Morgan fingerprint density at radius 2 is 1.90 bits per heavy atom. The van der Waals surface area contributed by atoms with Crippen LogP contribution in [-0.4, -0.2) is 48.4 Å². The van der Waals surface area contributed by atoms with Gasteiger partial charge in [0, 0.05) is 25.3 Å². The number of aliphatic carboxylic acids is 1. The number of thioether (sulfide) groups is 1. The Morgan fingerprint density at radius 1 is 1.19 bits per heavy atom. The molecule has 21 heavy (non-hydrogen) atoms. The number of sulfonamides is 1. The van der Waals surface area contributed by atoms with Crippen molar-refractivity contribution in [3.8, 4) is 0 Å². The van der Waals surface area contributed by atoms with Crippen LogP contribution in [0.3, 0.4) is 0 Å². The molecule has 0 unspecified atom stereocenters. The highest BCUT2D eigenvalue weighted by Crippen LogP contribution is 2.20. The molecule has 0 bridgehead atoms. The summed E-state index contributed by atoms with van der Waals surface area (Å²) in [4.78, 5) is 10.8.